The maximum absolute atomic E-state index is 2.56. The number of rotatable bonds is 8. The Morgan fingerprint density at radius 2 is 0.896 bits per heavy atom. The van der Waals surface area contributed by atoms with Crippen LogP contribution >= 0.6 is 0 Å². The Balaban J connectivity index is 1.30. The van der Waals surface area contributed by atoms with Crippen LogP contribution in [0.4, 0.5) is 28.4 Å². The summed E-state index contributed by atoms with van der Waals surface area (Å²) in [5.74, 6) is 0. The lowest BCUT2D eigenvalue weighted by atomic mass is 9.78. The largest absolute Gasteiger partial charge is 0.327 e. The van der Waals surface area contributed by atoms with Gasteiger partial charge in [-0.25, -0.2) is 0 Å². The normalized spacial score (nSPS) is 15.5. The molecule has 0 saturated heterocycles. The van der Waals surface area contributed by atoms with Gasteiger partial charge in [-0.2, -0.15) is 0 Å². The zero-order valence-electron chi connectivity index (χ0n) is 28.3. The van der Waals surface area contributed by atoms with E-state index in [1.54, 1.807) is 0 Å². The van der Waals surface area contributed by atoms with Crippen molar-refractivity contribution in [2.24, 2.45) is 0 Å². The summed E-state index contributed by atoms with van der Waals surface area (Å²) < 4.78 is 0. The van der Waals surface area contributed by atoms with Gasteiger partial charge in [-0.3, -0.25) is 0 Å². The van der Waals surface area contributed by atoms with Crippen LogP contribution < -0.4 is 9.80 Å². The first-order valence-corrected chi connectivity index (χ1v) is 16.8. The minimum Gasteiger partial charge on any atom is -0.327 e. The molecule has 0 aliphatic heterocycles. The first-order chi connectivity index (χ1) is 23.5. The third-order valence-electron chi connectivity index (χ3n) is 9.73. The van der Waals surface area contributed by atoms with Gasteiger partial charge in [0.2, 0.25) is 0 Å². The second-order valence-electron chi connectivity index (χ2n) is 12.9. The number of hydrogen-bond donors (Lipinski definition) is 0. The Hall–Kier alpha value is -5.60. The molecule has 0 bridgehead atoms. The predicted octanol–water partition coefficient (Wildman–Crippen LogP) is 12.5. The summed E-state index contributed by atoms with van der Waals surface area (Å²) in [5, 5.41) is 0. The van der Waals surface area contributed by atoms with Gasteiger partial charge in [-0.1, -0.05) is 133 Å². The van der Waals surface area contributed by atoms with Gasteiger partial charge in [0.05, 0.1) is 5.54 Å². The highest BCUT2D eigenvalue weighted by molar-refractivity contribution is 5.83. The molecule has 236 valence electrons. The molecule has 7 rings (SSSR count). The molecule has 0 aromatic heterocycles. The quantitative estimate of drug-likeness (QED) is 0.167. The first kappa shape index (κ1) is 31.0. The lowest BCUT2D eigenvalue weighted by Crippen LogP contribution is -2.43. The Bertz CT molecular complexity index is 2010. The second-order valence-corrected chi connectivity index (χ2v) is 12.9. The van der Waals surface area contributed by atoms with Gasteiger partial charge in [-0.15, -0.1) is 0 Å². The van der Waals surface area contributed by atoms with Crippen LogP contribution in [0.25, 0.3) is 5.57 Å². The van der Waals surface area contributed by atoms with Gasteiger partial charge >= 0.3 is 0 Å². The standard InChI is InChI=1S/C46H42N2/c1-34-16-8-12-22-42(34)47(43-23-13-9-17-35(43)2)41-28-26-38(27-29-41)39-30-32-46(33-31-39,40-20-6-5-7-21-40)48(44-24-14-10-18-36(44)3)45-25-15-11-19-37(45)4/h5-32H,33H2,1-4H3. The van der Waals surface area contributed by atoms with Crippen molar-refractivity contribution in [1.82, 2.24) is 0 Å². The van der Waals surface area contributed by atoms with Crippen LogP contribution in [0.5, 0.6) is 0 Å². The van der Waals surface area contributed by atoms with Crippen molar-refractivity contribution in [1.29, 1.82) is 0 Å². The number of allylic oxidation sites excluding steroid dienone is 2. The minimum absolute atomic E-state index is 0.407. The fourth-order valence-electron chi connectivity index (χ4n) is 7.11. The molecule has 0 amide bonds. The van der Waals surface area contributed by atoms with Gasteiger partial charge in [0.15, 0.2) is 0 Å². The van der Waals surface area contributed by atoms with Crippen molar-refractivity contribution in [2.45, 2.75) is 39.7 Å². The van der Waals surface area contributed by atoms with E-state index in [9.17, 15) is 0 Å². The second kappa shape index (κ2) is 13.3. The first-order valence-electron chi connectivity index (χ1n) is 16.8. The summed E-state index contributed by atoms with van der Waals surface area (Å²) in [4.78, 5) is 4.93. The molecule has 1 atom stereocenters. The molecule has 0 fully saturated rings. The summed E-state index contributed by atoms with van der Waals surface area (Å²) in [5.41, 5.74) is 14.3. The molecule has 0 saturated carbocycles. The van der Waals surface area contributed by atoms with Crippen molar-refractivity contribution in [2.75, 3.05) is 9.80 Å². The smallest absolute Gasteiger partial charge is 0.0924 e. The van der Waals surface area contributed by atoms with E-state index in [1.165, 1.54) is 61.7 Å². The SMILES string of the molecule is Cc1ccccc1N(c1ccc(C2=CCC(c3ccccc3)(N(c3ccccc3C)c3ccccc3C)C=C2)cc1)c1ccccc1C. The minimum atomic E-state index is -0.407. The molecular formula is C46H42N2. The highest BCUT2D eigenvalue weighted by atomic mass is 15.2. The molecule has 2 nitrogen and oxygen atoms in total. The zero-order chi connectivity index (χ0) is 33.1. The summed E-state index contributed by atoms with van der Waals surface area (Å²) >= 11 is 0. The van der Waals surface area contributed by atoms with Crippen LogP contribution in [0.1, 0.15) is 39.8 Å². The molecule has 0 spiro atoms. The molecule has 0 heterocycles. The number of anilines is 5. The third-order valence-corrected chi connectivity index (χ3v) is 9.73. The van der Waals surface area contributed by atoms with Gasteiger partial charge in [0.25, 0.3) is 0 Å². The Labute approximate surface area is 286 Å². The van der Waals surface area contributed by atoms with Gasteiger partial charge in [0.1, 0.15) is 0 Å². The van der Waals surface area contributed by atoms with Crippen LogP contribution in [0.15, 0.2) is 170 Å². The van der Waals surface area contributed by atoms with Gasteiger partial charge < -0.3 is 9.80 Å². The van der Waals surface area contributed by atoms with Crippen LogP contribution in [0.3, 0.4) is 0 Å². The van der Waals surface area contributed by atoms with Crippen LogP contribution in [0, 0.1) is 27.7 Å². The molecule has 6 aromatic carbocycles. The maximum Gasteiger partial charge on any atom is 0.0924 e. The van der Waals surface area contributed by atoms with Crippen molar-refractivity contribution >= 4 is 34.0 Å². The average molecular weight is 623 g/mol. The molecule has 6 aromatic rings. The van der Waals surface area contributed by atoms with Crippen LogP contribution in [-0.2, 0) is 5.54 Å². The van der Waals surface area contributed by atoms with Crippen molar-refractivity contribution in [3.8, 4) is 0 Å². The van der Waals surface area contributed by atoms with E-state index in [1.807, 2.05) is 0 Å². The number of hydrogen-bond acceptors (Lipinski definition) is 2. The van der Waals surface area contributed by atoms with E-state index >= 15 is 0 Å². The molecule has 1 unspecified atom stereocenters. The summed E-state index contributed by atoms with van der Waals surface area (Å²) in [6.45, 7) is 8.79. The van der Waals surface area contributed by atoms with Crippen LogP contribution in [0.2, 0.25) is 0 Å². The average Bonchev–Trinajstić information content (AvgIpc) is 3.13. The van der Waals surface area contributed by atoms with E-state index in [2.05, 4.69) is 207 Å². The van der Waals surface area contributed by atoms with E-state index in [0.717, 1.165) is 12.1 Å². The van der Waals surface area contributed by atoms with E-state index in [0.29, 0.717) is 0 Å². The predicted molar refractivity (Wildman–Crippen MR) is 205 cm³/mol. The maximum atomic E-state index is 2.56. The van der Waals surface area contributed by atoms with Crippen molar-refractivity contribution < 1.29 is 0 Å². The monoisotopic (exact) mass is 622 g/mol. The van der Waals surface area contributed by atoms with E-state index in [4.69, 9.17) is 0 Å². The number of para-hydroxylation sites is 4. The van der Waals surface area contributed by atoms with Crippen molar-refractivity contribution in [3.63, 3.8) is 0 Å². The fraction of sp³-hybridized carbons (Fsp3) is 0.130. The summed E-state index contributed by atoms with van der Waals surface area (Å²) in [6, 6.07) is 54.8. The Morgan fingerprint density at radius 3 is 1.33 bits per heavy atom. The van der Waals surface area contributed by atoms with E-state index < -0.39 is 5.54 Å². The highest BCUT2D eigenvalue weighted by Gasteiger charge is 2.39. The molecule has 0 radical (unpaired) electrons. The van der Waals surface area contributed by atoms with Crippen LogP contribution in [-0.4, -0.2) is 0 Å². The molecular weight excluding hydrogens is 581 g/mol. The molecule has 1 aliphatic carbocycles. The molecule has 0 N–H and O–H groups in total. The fourth-order valence-corrected chi connectivity index (χ4v) is 7.11. The molecule has 48 heavy (non-hydrogen) atoms. The molecule has 2 heteroatoms. The Morgan fingerprint density at radius 1 is 0.458 bits per heavy atom. The molecule has 1 aliphatic rings. The number of nitrogens with zero attached hydrogens (tertiary/aromatic N) is 2. The summed E-state index contributed by atoms with van der Waals surface area (Å²) in [6.07, 6.45) is 8.00. The number of benzene rings is 6. The topological polar surface area (TPSA) is 6.48 Å². The third kappa shape index (κ3) is 5.75. The highest BCUT2D eigenvalue weighted by Crippen LogP contribution is 2.48. The lowest BCUT2D eigenvalue weighted by molar-refractivity contribution is 0.546. The van der Waals surface area contributed by atoms with Gasteiger partial charge in [0, 0.05) is 28.4 Å². The lowest BCUT2D eigenvalue weighted by Gasteiger charge is -2.46. The van der Waals surface area contributed by atoms with E-state index in [-0.39, 0.29) is 0 Å². The zero-order valence-corrected chi connectivity index (χ0v) is 28.3. The van der Waals surface area contributed by atoms with Crippen molar-refractivity contribution in [3.05, 3.63) is 203 Å². The Kier molecular flexibility index (Phi) is 8.57. The van der Waals surface area contributed by atoms with Gasteiger partial charge in [-0.05, 0) is 109 Å². The summed E-state index contributed by atoms with van der Waals surface area (Å²) in [7, 11) is 0. The number of aryl methyl sites for hydroxylation is 4.